The molecule has 1 aliphatic heterocycles. The van der Waals surface area contributed by atoms with E-state index in [9.17, 15) is 13.2 Å². The summed E-state index contributed by atoms with van der Waals surface area (Å²) >= 11 is 0. The van der Waals surface area contributed by atoms with Crippen molar-refractivity contribution < 1.29 is 17.7 Å². The van der Waals surface area contributed by atoms with E-state index < -0.39 is 10.0 Å². The zero-order valence-corrected chi connectivity index (χ0v) is 14.1. The summed E-state index contributed by atoms with van der Waals surface area (Å²) in [5, 5.41) is 6.21. The minimum Gasteiger partial charge on any atom is -0.360 e. The van der Waals surface area contributed by atoms with Crippen molar-refractivity contribution in [2.75, 3.05) is 18.4 Å². The molecule has 0 aliphatic carbocycles. The van der Waals surface area contributed by atoms with E-state index in [0.29, 0.717) is 24.7 Å². The second-order valence-electron chi connectivity index (χ2n) is 5.72. The van der Waals surface area contributed by atoms with E-state index in [1.165, 1.54) is 21.4 Å². The van der Waals surface area contributed by atoms with Crippen LogP contribution in [0.25, 0.3) is 0 Å². The summed E-state index contributed by atoms with van der Waals surface area (Å²) in [5.74, 6) is 0.559. The number of rotatable bonds is 5. The van der Waals surface area contributed by atoms with Crippen LogP contribution in [0.1, 0.15) is 25.0 Å². The summed E-state index contributed by atoms with van der Waals surface area (Å²) in [6.07, 6.45) is 5.48. The number of hydrogen-bond acceptors (Lipinski definition) is 6. The summed E-state index contributed by atoms with van der Waals surface area (Å²) in [6.45, 7) is 2.69. The first kappa shape index (κ1) is 16.7. The van der Waals surface area contributed by atoms with Crippen molar-refractivity contribution in [3.05, 3.63) is 24.4 Å². The summed E-state index contributed by atoms with van der Waals surface area (Å²) < 4.78 is 32.8. The topological polar surface area (TPSA) is 110 Å². The van der Waals surface area contributed by atoms with Gasteiger partial charge in [0.05, 0.1) is 6.33 Å². The summed E-state index contributed by atoms with van der Waals surface area (Å²) in [6, 6.07) is 1.60. The van der Waals surface area contributed by atoms with E-state index in [1.54, 1.807) is 13.0 Å². The molecule has 10 heteroatoms. The van der Waals surface area contributed by atoms with Gasteiger partial charge in [-0.25, -0.2) is 13.4 Å². The third-order valence-corrected chi connectivity index (χ3v) is 5.53. The summed E-state index contributed by atoms with van der Waals surface area (Å²) in [7, 11) is -3.59. The predicted molar refractivity (Wildman–Crippen MR) is 84.7 cm³/mol. The fourth-order valence-corrected chi connectivity index (χ4v) is 4.02. The first-order chi connectivity index (χ1) is 11.4. The first-order valence-corrected chi connectivity index (χ1v) is 9.14. The van der Waals surface area contributed by atoms with Crippen LogP contribution in [0, 0.1) is 6.92 Å². The molecule has 0 spiro atoms. The molecule has 1 amide bonds. The molecule has 130 valence electrons. The van der Waals surface area contributed by atoms with Gasteiger partial charge in [0.25, 0.3) is 10.0 Å². The molecular weight excluding hydrogens is 334 g/mol. The lowest BCUT2D eigenvalue weighted by molar-refractivity contribution is -0.116. The Morgan fingerprint density at radius 3 is 2.75 bits per heavy atom. The third-order valence-electron chi connectivity index (χ3n) is 3.75. The molecule has 2 aromatic heterocycles. The van der Waals surface area contributed by atoms with Gasteiger partial charge in [-0.05, 0) is 19.8 Å². The highest BCUT2D eigenvalue weighted by Crippen LogP contribution is 2.19. The second kappa shape index (κ2) is 6.73. The molecule has 0 unspecified atom stereocenters. The molecule has 0 radical (unpaired) electrons. The molecule has 1 N–H and O–H groups in total. The number of carbonyl (C=O) groups excluding carboxylic acids is 1. The maximum atomic E-state index is 12.5. The van der Waals surface area contributed by atoms with Gasteiger partial charge in [-0.2, -0.15) is 4.31 Å². The Morgan fingerprint density at radius 2 is 2.08 bits per heavy atom. The highest BCUT2D eigenvalue weighted by atomic mass is 32.2. The van der Waals surface area contributed by atoms with E-state index >= 15 is 0 Å². The van der Waals surface area contributed by atoms with Gasteiger partial charge in [0.2, 0.25) is 5.91 Å². The zero-order chi connectivity index (χ0) is 17.2. The van der Waals surface area contributed by atoms with Crippen molar-refractivity contribution in [1.29, 1.82) is 0 Å². The molecule has 3 rings (SSSR count). The number of piperidine rings is 1. The van der Waals surface area contributed by atoms with Crippen LogP contribution >= 0.6 is 0 Å². The number of hydrogen-bond donors (Lipinski definition) is 1. The molecule has 24 heavy (non-hydrogen) atoms. The predicted octanol–water partition coefficient (Wildman–Crippen LogP) is 0.993. The van der Waals surface area contributed by atoms with Crippen molar-refractivity contribution >= 4 is 21.7 Å². The fourth-order valence-electron chi connectivity index (χ4n) is 2.57. The molecule has 9 nitrogen and oxygen atoms in total. The zero-order valence-electron chi connectivity index (χ0n) is 13.3. The van der Waals surface area contributed by atoms with Gasteiger partial charge in [-0.15, -0.1) is 0 Å². The van der Waals surface area contributed by atoms with Crippen LogP contribution in [0.5, 0.6) is 0 Å². The van der Waals surface area contributed by atoms with Crippen molar-refractivity contribution in [3.63, 3.8) is 0 Å². The molecule has 3 heterocycles. The molecule has 0 bridgehead atoms. The molecule has 0 aromatic carbocycles. The number of imidazole rings is 1. The summed E-state index contributed by atoms with van der Waals surface area (Å²) in [5.41, 5.74) is 0. The molecule has 1 saturated heterocycles. The summed E-state index contributed by atoms with van der Waals surface area (Å²) in [4.78, 5) is 15.9. The maximum Gasteiger partial charge on any atom is 0.262 e. The van der Waals surface area contributed by atoms with Gasteiger partial charge in [0.1, 0.15) is 12.3 Å². The molecule has 0 atom stereocenters. The lowest BCUT2D eigenvalue weighted by atomic mass is 10.2. The van der Waals surface area contributed by atoms with Gasteiger partial charge >= 0.3 is 0 Å². The standard InChI is InChI=1S/C14H19N5O4S/c1-11-7-12(17-23-11)16-13(20)8-18-9-14(15-10-18)24(21,22)19-5-3-2-4-6-19/h7,9-10H,2-6,8H2,1H3,(H,16,17,20). The lowest BCUT2D eigenvalue weighted by Gasteiger charge is -2.24. The molecule has 2 aromatic rings. The van der Waals surface area contributed by atoms with E-state index in [2.05, 4.69) is 15.5 Å². The Morgan fingerprint density at radius 1 is 1.33 bits per heavy atom. The number of aryl methyl sites for hydroxylation is 1. The van der Waals surface area contributed by atoms with Crippen molar-refractivity contribution in [2.45, 2.75) is 37.8 Å². The van der Waals surface area contributed by atoms with E-state index in [0.717, 1.165) is 19.3 Å². The second-order valence-corrected chi connectivity index (χ2v) is 7.60. The average Bonchev–Trinajstić information content (AvgIpc) is 3.18. The number of anilines is 1. The number of amides is 1. The largest absolute Gasteiger partial charge is 0.360 e. The van der Waals surface area contributed by atoms with Crippen molar-refractivity contribution in [3.8, 4) is 0 Å². The quantitative estimate of drug-likeness (QED) is 0.858. The molecule has 1 aliphatic rings. The number of sulfonamides is 1. The minimum absolute atomic E-state index is 0.0329. The normalized spacial score (nSPS) is 16.2. The van der Waals surface area contributed by atoms with Crippen LogP contribution in [-0.2, 0) is 21.4 Å². The smallest absolute Gasteiger partial charge is 0.262 e. The van der Waals surface area contributed by atoms with Crippen LogP contribution < -0.4 is 5.32 Å². The van der Waals surface area contributed by atoms with Gasteiger partial charge in [0, 0.05) is 25.4 Å². The van der Waals surface area contributed by atoms with Crippen LogP contribution in [0.4, 0.5) is 5.82 Å². The van der Waals surface area contributed by atoms with Crippen LogP contribution in [0.15, 0.2) is 28.1 Å². The first-order valence-electron chi connectivity index (χ1n) is 7.70. The van der Waals surface area contributed by atoms with Crippen LogP contribution in [0.3, 0.4) is 0 Å². The highest BCUT2D eigenvalue weighted by Gasteiger charge is 2.28. The monoisotopic (exact) mass is 353 g/mol. The van der Waals surface area contributed by atoms with Crippen LogP contribution in [0.2, 0.25) is 0 Å². The van der Waals surface area contributed by atoms with Gasteiger partial charge in [-0.3, -0.25) is 4.79 Å². The third kappa shape index (κ3) is 3.65. The minimum atomic E-state index is -3.59. The SMILES string of the molecule is Cc1cc(NC(=O)Cn2cnc(S(=O)(=O)N3CCCCC3)c2)no1. The van der Waals surface area contributed by atoms with Gasteiger partial charge in [-0.1, -0.05) is 11.6 Å². The molecular formula is C14H19N5O4S. The number of carbonyl (C=O) groups is 1. The fraction of sp³-hybridized carbons (Fsp3) is 0.500. The number of nitrogens with one attached hydrogen (secondary N) is 1. The van der Waals surface area contributed by atoms with Crippen molar-refractivity contribution in [1.82, 2.24) is 19.0 Å². The molecule has 0 saturated carbocycles. The van der Waals surface area contributed by atoms with Crippen molar-refractivity contribution in [2.24, 2.45) is 0 Å². The number of aromatic nitrogens is 3. The molecule has 1 fully saturated rings. The van der Waals surface area contributed by atoms with Crippen LogP contribution in [-0.4, -0.2) is 46.4 Å². The average molecular weight is 353 g/mol. The van der Waals surface area contributed by atoms with E-state index in [4.69, 9.17) is 4.52 Å². The van der Waals surface area contributed by atoms with Gasteiger partial charge in [0.15, 0.2) is 10.8 Å². The van der Waals surface area contributed by atoms with E-state index in [1.807, 2.05) is 0 Å². The Labute approximate surface area is 139 Å². The Hall–Kier alpha value is -2.20. The maximum absolute atomic E-state index is 12.5. The van der Waals surface area contributed by atoms with E-state index in [-0.39, 0.29) is 17.5 Å². The van der Waals surface area contributed by atoms with Gasteiger partial charge < -0.3 is 14.4 Å². The highest BCUT2D eigenvalue weighted by molar-refractivity contribution is 7.89. The lowest BCUT2D eigenvalue weighted by Crippen LogP contribution is -2.35. The Kier molecular flexibility index (Phi) is 4.67. The Bertz CT molecular complexity index is 820. The Balaban J connectivity index is 1.65. The number of nitrogens with zero attached hydrogens (tertiary/aromatic N) is 4.